The van der Waals surface area contributed by atoms with Crippen LogP contribution < -0.4 is 0 Å². The van der Waals surface area contributed by atoms with E-state index in [1.165, 1.54) is 38.0 Å². The lowest BCUT2D eigenvalue weighted by molar-refractivity contribution is 0.0330. The molecule has 1 aromatic carbocycles. The minimum absolute atomic E-state index is 0.586. The summed E-state index contributed by atoms with van der Waals surface area (Å²) in [5.74, 6) is 1.91. The van der Waals surface area contributed by atoms with Gasteiger partial charge in [-0.05, 0) is 77.9 Å². The van der Waals surface area contributed by atoms with Crippen molar-refractivity contribution in [3.05, 3.63) is 56.2 Å². The Kier molecular flexibility index (Phi) is 9.30. The first kappa shape index (κ1) is 24.5. The summed E-state index contributed by atoms with van der Waals surface area (Å²) in [6.07, 6.45) is 2.46. The predicted molar refractivity (Wildman–Crippen MR) is 134 cm³/mol. The molecule has 0 bridgehead atoms. The van der Waals surface area contributed by atoms with Crippen LogP contribution in [0.4, 0.5) is 0 Å². The van der Waals surface area contributed by atoms with Crippen molar-refractivity contribution in [2.45, 2.75) is 25.3 Å². The van der Waals surface area contributed by atoms with Gasteiger partial charge in [-0.3, -0.25) is 4.90 Å². The van der Waals surface area contributed by atoms with E-state index in [0.29, 0.717) is 36.0 Å². The van der Waals surface area contributed by atoms with Crippen LogP contribution in [0.5, 0.6) is 0 Å². The molecule has 0 spiro atoms. The van der Waals surface area contributed by atoms with Crippen molar-refractivity contribution in [3.8, 4) is 0 Å². The number of ether oxygens (including phenoxy) is 2. The zero-order valence-corrected chi connectivity index (χ0v) is 21.2. The van der Waals surface area contributed by atoms with Crippen LogP contribution in [0.25, 0.3) is 0 Å². The molecular formula is C25H34Cl2N2O2S. The van der Waals surface area contributed by atoms with Crippen molar-refractivity contribution in [1.29, 1.82) is 0 Å². The third kappa shape index (κ3) is 6.69. The van der Waals surface area contributed by atoms with Crippen LogP contribution in [-0.2, 0) is 16.0 Å². The molecular weight excluding hydrogens is 463 g/mol. The first-order chi connectivity index (χ1) is 15.6. The molecule has 0 radical (unpaired) electrons. The van der Waals surface area contributed by atoms with Crippen LogP contribution in [0.1, 0.15) is 29.9 Å². The molecule has 0 aliphatic carbocycles. The summed E-state index contributed by atoms with van der Waals surface area (Å²) in [5.41, 5.74) is 2.65. The molecule has 2 saturated heterocycles. The maximum absolute atomic E-state index is 6.47. The van der Waals surface area contributed by atoms with Crippen molar-refractivity contribution >= 4 is 34.5 Å². The van der Waals surface area contributed by atoms with E-state index in [2.05, 4.69) is 32.7 Å². The van der Waals surface area contributed by atoms with Gasteiger partial charge in [0.25, 0.3) is 0 Å². The standard InChI is InChI=1S/C25H34Cl2N2O2S/c1-30-9-10-31-17-19-4-7-28(8-5-19)14-22-15-29(16-24(22)21-6-11-32-18-21)13-20-2-3-23(26)12-25(20)27/h2-3,6,11-12,18-19,22,24H,4-5,7-10,13-17H2,1H3/t22?,24-/m1/s1. The lowest BCUT2D eigenvalue weighted by Gasteiger charge is -2.34. The highest BCUT2D eigenvalue weighted by Gasteiger charge is 2.35. The fraction of sp³-hybridized carbons (Fsp3) is 0.600. The second kappa shape index (κ2) is 12.2. The second-order valence-electron chi connectivity index (χ2n) is 9.16. The summed E-state index contributed by atoms with van der Waals surface area (Å²) in [6.45, 7) is 8.85. The SMILES string of the molecule is COCCOCC1CCN(CC2CN(Cc3ccc(Cl)cc3Cl)C[C@@H]2c2ccsc2)CC1. The molecule has 2 atom stereocenters. The van der Waals surface area contributed by atoms with E-state index in [1.807, 2.05) is 12.1 Å². The quantitative estimate of drug-likeness (QED) is 0.397. The number of hydrogen-bond donors (Lipinski definition) is 0. The van der Waals surface area contributed by atoms with Crippen molar-refractivity contribution in [2.75, 3.05) is 59.7 Å². The molecule has 176 valence electrons. The van der Waals surface area contributed by atoms with Gasteiger partial charge in [0.2, 0.25) is 0 Å². The maximum Gasteiger partial charge on any atom is 0.0700 e. The molecule has 2 fully saturated rings. The smallest absolute Gasteiger partial charge is 0.0700 e. The first-order valence-electron chi connectivity index (χ1n) is 11.6. The molecule has 2 aromatic rings. The van der Waals surface area contributed by atoms with E-state index in [-0.39, 0.29) is 0 Å². The number of hydrogen-bond acceptors (Lipinski definition) is 5. The van der Waals surface area contributed by atoms with Crippen molar-refractivity contribution in [1.82, 2.24) is 9.80 Å². The fourth-order valence-electron chi connectivity index (χ4n) is 5.09. The summed E-state index contributed by atoms with van der Waals surface area (Å²) in [7, 11) is 1.72. The van der Waals surface area contributed by atoms with Gasteiger partial charge in [0.1, 0.15) is 0 Å². The van der Waals surface area contributed by atoms with Crippen LogP contribution in [0, 0.1) is 11.8 Å². The summed E-state index contributed by atoms with van der Waals surface area (Å²) in [6, 6.07) is 8.17. The number of piperidine rings is 1. The first-order valence-corrected chi connectivity index (χ1v) is 13.3. The maximum atomic E-state index is 6.47. The molecule has 4 rings (SSSR count). The average molecular weight is 498 g/mol. The molecule has 0 amide bonds. The van der Waals surface area contributed by atoms with Crippen molar-refractivity contribution in [3.63, 3.8) is 0 Å². The van der Waals surface area contributed by atoms with E-state index in [1.54, 1.807) is 18.4 Å². The number of nitrogens with zero attached hydrogens (tertiary/aromatic N) is 2. The Hall–Kier alpha value is -0.660. The van der Waals surface area contributed by atoms with E-state index in [9.17, 15) is 0 Å². The van der Waals surface area contributed by atoms with Crippen LogP contribution >= 0.6 is 34.5 Å². The minimum Gasteiger partial charge on any atom is -0.382 e. The van der Waals surface area contributed by atoms with Gasteiger partial charge in [0, 0.05) is 55.9 Å². The summed E-state index contributed by atoms with van der Waals surface area (Å²) >= 11 is 14.4. The van der Waals surface area contributed by atoms with Gasteiger partial charge in [-0.1, -0.05) is 29.3 Å². The highest BCUT2D eigenvalue weighted by Crippen LogP contribution is 2.36. The van der Waals surface area contributed by atoms with E-state index in [4.69, 9.17) is 32.7 Å². The second-order valence-corrected chi connectivity index (χ2v) is 10.8. The van der Waals surface area contributed by atoms with E-state index in [0.717, 1.165) is 36.8 Å². The molecule has 4 nitrogen and oxygen atoms in total. The van der Waals surface area contributed by atoms with Gasteiger partial charge in [-0.25, -0.2) is 0 Å². The fourth-order valence-corrected chi connectivity index (χ4v) is 6.28. The van der Waals surface area contributed by atoms with Crippen LogP contribution in [0.2, 0.25) is 10.0 Å². The molecule has 32 heavy (non-hydrogen) atoms. The molecule has 1 aromatic heterocycles. The molecule has 2 aliphatic heterocycles. The Labute approximate surface area is 206 Å². The third-order valence-corrected chi connectivity index (χ3v) is 8.17. The zero-order chi connectivity index (χ0) is 22.3. The largest absolute Gasteiger partial charge is 0.382 e. The highest BCUT2D eigenvalue weighted by atomic mass is 35.5. The van der Waals surface area contributed by atoms with Crippen LogP contribution in [0.3, 0.4) is 0 Å². The lowest BCUT2D eigenvalue weighted by Crippen LogP contribution is -2.39. The van der Waals surface area contributed by atoms with Crippen LogP contribution in [0.15, 0.2) is 35.0 Å². The molecule has 0 saturated carbocycles. The topological polar surface area (TPSA) is 24.9 Å². The van der Waals surface area contributed by atoms with Gasteiger partial charge in [-0.15, -0.1) is 0 Å². The highest BCUT2D eigenvalue weighted by molar-refractivity contribution is 7.08. The van der Waals surface area contributed by atoms with Gasteiger partial charge >= 0.3 is 0 Å². The van der Waals surface area contributed by atoms with Crippen LogP contribution in [-0.4, -0.2) is 69.5 Å². The number of halogens is 2. The van der Waals surface area contributed by atoms with Gasteiger partial charge in [0.15, 0.2) is 0 Å². The van der Waals surface area contributed by atoms with Gasteiger partial charge in [0.05, 0.1) is 13.2 Å². The Balaban J connectivity index is 1.32. The number of benzene rings is 1. The van der Waals surface area contributed by atoms with Crippen molar-refractivity contribution < 1.29 is 9.47 Å². The Bertz CT molecular complexity index is 827. The van der Waals surface area contributed by atoms with E-state index >= 15 is 0 Å². The van der Waals surface area contributed by atoms with Crippen molar-refractivity contribution in [2.24, 2.45) is 11.8 Å². The molecule has 7 heteroatoms. The Morgan fingerprint density at radius 3 is 2.62 bits per heavy atom. The molecule has 1 unspecified atom stereocenters. The number of methoxy groups -OCH3 is 1. The van der Waals surface area contributed by atoms with E-state index < -0.39 is 0 Å². The summed E-state index contributed by atoms with van der Waals surface area (Å²) in [5, 5.41) is 6.00. The minimum atomic E-state index is 0.586. The molecule has 2 aliphatic rings. The monoisotopic (exact) mass is 496 g/mol. The average Bonchev–Trinajstić information content (AvgIpc) is 3.44. The third-order valence-electron chi connectivity index (χ3n) is 6.88. The van der Waals surface area contributed by atoms with Gasteiger partial charge < -0.3 is 14.4 Å². The van der Waals surface area contributed by atoms with Gasteiger partial charge in [-0.2, -0.15) is 11.3 Å². The zero-order valence-electron chi connectivity index (χ0n) is 18.8. The Morgan fingerprint density at radius 1 is 1.06 bits per heavy atom. The molecule has 0 N–H and O–H groups in total. The molecule has 3 heterocycles. The normalized spacial score (nSPS) is 23.2. The number of likely N-dealkylation sites (tertiary alicyclic amines) is 2. The predicted octanol–water partition coefficient (Wildman–Crippen LogP) is 5.65. The number of thiophene rings is 1. The lowest BCUT2D eigenvalue weighted by atomic mass is 9.89. The summed E-state index contributed by atoms with van der Waals surface area (Å²) < 4.78 is 10.8. The summed E-state index contributed by atoms with van der Waals surface area (Å²) in [4.78, 5) is 5.24. The Morgan fingerprint density at radius 2 is 1.91 bits per heavy atom. The number of rotatable bonds is 10.